The third-order valence-electron chi connectivity index (χ3n) is 5.11. The molecule has 1 saturated carbocycles. The maximum atomic E-state index is 12.5. The van der Waals surface area contributed by atoms with Gasteiger partial charge in [-0.15, -0.1) is 0 Å². The van der Waals surface area contributed by atoms with Gasteiger partial charge in [0, 0.05) is 18.7 Å². The molecule has 1 heterocycles. The van der Waals surface area contributed by atoms with Crippen LogP contribution in [0.1, 0.15) is 27.9 Å². The van der Waals surface area contributed by atoms with Crippen LogP contribution in [0.15, 0.2) is 18.2 Å². The molecular weight excluding hydrogens is 254 g/mol. The van der Waals surface area contributed by atoms with Crippen molar-refractivity contribution >= 4 is 11.9 Å². The van der Waals surface area contributed by atoms with Gasteiger partial charge in [-0.25, -0.2) is 0 Å². The number of hydrogen-bond donors (Lipinski definition) is 1. The minimum absolute atomic E-state index is 0.0658. The molecule has 1 aliphatic heterocycles. The maximum Gasteiger partial charge on any atom is 0.307 e. The Morgan fingerprint density at radius 2 is 1.80 bits per heavy atom. The second-order valence-corrected chi connectivity index (χ2v) is 6.24. The Balaban J connectivity index is 1.48. The summed E-state index contributed by atoms with van der Waals surface area (Å²) in [7, 11) is 0. The topological polar surface area (TPSA) is 57.6 Å². The van der Waals surface area contributed by atoms with Gasteiger partial charge in [0.05, 0.1) is 5.92 Å². The first-order valence-electron chi connectivity index (χ1n) is 7.29. The van der Waals surface area contributed by atoms with E-state index in [1.807, 2.05) is 17.0 Å². The van der Waals surface area contributed by atoms with Gasteiger partial charge < -0.3 is 10.0 Å². The number of carbonyl (C=O) groups is 2. The van der Waals surface area contributed by atoms with E-state index >= 15 is 0 Å². The number of aryl methyl sites for hydroxylation is 2. The maximum absolute atomic E-state index is 12.5. The molecule has 4 rings (SSSR count). The van der Waals surface area contributed by atoms with E-state index in [9.17, 15) is 9.59 Å². The lowest BCUT2D eigenvalue weighted by Crippen LogP contribution is -2.32. The van der Waals surface area contributed by atoms with Crippen molar-refractivity contribution in [3.05, 3.63) is 34.9 Å². The van der Waals surface area contributed by atoms with Crippen LogP contribution in [0.3, 0.4) is 0 Å². The number of likely N-dealkylation sites (tertiary alicyclic amines) is 1. The van der Waals surface area contributed by atoms with Gasteiger partial charge in [0.2, 0.25) is 0 Å². The molecular formula is C16H17NO3. The normalized spacial score (nSPS) is 30.0. The SMILES string of the molecule is O=C(O)C1[C@H]2CN(C(=O)c3ccc4c(c3)CCC4)C[C@@H]12. The molecule has 0 spiro atoms. The molecule has 1 N–H and O–H groups in total. The molecule has 1 aromatic rings. The largest absolute Gasteiger partial charge is 0.481 e. The summed E-state index contributed by atoms with van der Waals surface area (Å²) >= 11 is 0. The Hall–Kier alpha value is -1.84. The molecule has 2 fully saturated rings. The van der Waals surface area contributed by atoms with E-state index in [2.05, 4.69) is 6.07 Å². The number of rotatable bonds is 2. The zero-order valence-electron chi connectivity index (χ0n) is 11.2. The second-order valence-electron chi connectivity index (χ2n) is 6.24. The van der Waals surface area contributed by atoms with E-state index in [4.69, 9.17) is 5.11 Å². The zero-order chi connectivity index (χ0) is 13.9. The van der Waals surface area contributed by atoms with E-state index < -0.39 is 5.97 Å². The highest BCUT2D eigenvalue weighted by atomic mass is 16.4. The highest BCUT2D eigenvalue weighted by Crippen LogP contribution is 2.51. The quantitative estimate of drug-likeness (QED) is 0.888. The van der Waals surface area contributed by atoms with Crippen molar-refractivity contribution in [3.63, 3.8) is 0 Å². The van der Waals surface area contributed by atoms with Crippen molar-refractivity contribution in [2.24, 2.45) is 17.8 Å². The number of aliphatic carboxylic acids is 1. The minimum Gasteiger partial charge on any atom is -0.481 e. The number of nitrogens with zero attached hydrogens (tertiary/aromatic N) is 1. The molecule has 3 atom stereocenters. The van der Waals surface area contributed by atoms with E-state index in [1.165, 1.54) is 17.5 Å². The Kier molecular flexibility index (Phi) is 2.43. The van der Waals surface area contributed by atoms with Crippen LogP contribution in [-0.2, 0) is 17.6 Å². The Bertz CT molecular complexity index is 598. The molecule has 104 valence electrons. The highest BCUT2D eigenvalue weighted by Gasteiger charge is 2.60. The Morgan fingerprint density at radius 3 is 2.50 bits per heavy atom. The van der Waals surface area contributed by atoms with Crippen molar-refractivity contribution in [1.82, 2.24) is 4.90 Å². The monoisotopic (exact) mass is 271 g/mol. The number of piperidine rings is 1. The van der Waals surface area contributed by atoms with Crippen LogP contribution >= 0.6 is 0 Å². The van der Waals surface area contributed by atoms with Crippen molar-refractivity contribution in [2.75, 3.05) is 13.1 Å². The molecule has 0 bridgehead atoms. The van der Waals surface area contributed by atoms with Gasteiger partial charge >= 0.3 is 5.97 Å². The van der Waals surface area contributed by atoms with Crippen LogP contribution < -0.4 is 0 Å². The van der Waals surface area contributed by atoms with Gasteiger partial charge in [-0.05, 0) is 54.4 Å². The standard InChI is InChI=1S/C16H17NO3/c18-15(11-5-4-9-2-1-3-10(9)6-11)17-7-12-13(8-17)14(12)16(19)20/h4-6,12-14H,1-3,7-8H2,(H,19,20)/t12-,13+,14?. The van der Waals surface area contributed by atoms with Crippen LogP contribution in [0, 0.1) is 17.8 Å². The Morgan fingerprint density at radius 1 is 1.10 bits per heavy atom. The van der Waals surface area contributed by atoms with Crippen molar-refractivity contribution in [2.45, 2.75) is 19.3 Å². The summed E-state index contributed by atoms with van der Waals surface area (Å²) in [4.78, 5) is 25.2. The first-order valence-corrected chi connectivity index (χ1v) is 7.29. The second kappa shape index (κ2) is 4.08. The first-order chi connectivity index (χ1) is 9.65. The average Bonchev–Trinajstić information content (AvgIpc) is 2.82. The van der Waals surface area contributed by atoms with Crippen molar-refractivity contribution in [3.8, 4) is 0 Å². The Labute approximate surface area is 117 Å². The number of carboxylic acids is 1. The summed E-state index contributed by atoms with van der Waals surface area (Å²) in [6, 6.07) is 6.03. The van der Waals surface area contributed by atoms with E-state index in [0.29, 0.717) is 13.1 Å². The van der Waals surface area contributed by atoms with Crippen LogP contribution in [0.25, 0.3) is 0 Å². The van der Waals surface area contributed by atoms with Crippen molar-refractivity contribution in [1.29, 1.82) is 0 Å². The van der Waals surface area contributed by atoms with E-state index in [1.54, 1.807) is 0 Å². The number of carbonyl (C=O) groups excluding carboxylic acids is 1. The molecule has 4 heteroatoms. The average molecular weight is 271 g/mol. The number of hydrogen-bond acceptors (Lipinski definition) is 2. The lowest BCUT2D eigenvalue weighted by molar-refractivity contribution is -0.139. The predicted octanol–water partition coefficient (Wildman–Crippen LogP) is 1.58. The molecule has 1 amide bonds. The molecule has 0 aromatic heterocycles. The number of carboxylic acid groups (broad SMARTS) is 1. The van der Waals surface area contributed by atoms with Crippen LogP contribution in [0.5, 0.6) is 0 Å². The van der Waals surface area contributed by atoms with Crippen LogP contribution in [0.2, 0.25) is 0 Å². The number of amides is 1. The summed E-state index contributed by atoms with van der Waals surface area (Å²) in [6.07, 6.45) is 3.38. The predicted molar refractivity (Wildman–Crippen MR) is 72.5 cm³/mol. The summed E-state index contributed by atoms with van der Waals surface area (Å²) in [5.41, 5.74) is 3.44. The van der Waals surface area contributed by atoms with Gasteiger partial charge in [-0.3, -0.25) is 9.59 Å². The fourth-order valence-electron chi connectivity index (χ4n) is 3.95. The molecule has 0 radical (unpaired) electrons. The molecule has 1 unspecified atom stereocenters. The molecule has 20 heavy (non-hydrogen) atoms. The van der Waals surface area contributed by atoms with Gasteiger partial charge in [-0.1, -0.05) is 6.07 Å². The van der Waals surface area contributed by atoms with E-state index in [0.717, 1.165) is 18.4 Å². The van der Waals surface area contributed by atoms with Crippen LogP contribution in [0.4, 0.5) is 0 Å². The summed E-state index contributed by atoms with van der Waals surface area (Å²) in [5.74, 6) is -0.475. The summed E-state index contributed by atoms with van der Waals surface area (Å²) in [5, 5.41) is 9.00. The summed E-state index contributed by atoms with van der Waals surface area (Å²) in [6.45, 7) is 1.22. The van der Waals surface area contributed by atoms with E-state index in [-0.39, 0.29) is 23.7 Å². The molecule has 4 nitrogen and oxygen atoms in total. The van der Waals surface area contributed by atoms with Gasteiger partial charge in [0.25, 0.3) is 5.91 Å². The minimum atomic E-state index is -0.704. The molecule has 3 aliphatic rings. The molecule has 1 saturated heterocycles. The first kappa shape index (κ1) is 11.9. The van der Waals surface area contributed by atoms with Gasteiger partial charge in [0.15, 0.2) is 0 Å². The number of fused-ring (bicyclic) bond motifs is 2. The number of benzene rings is 1. The fraction of sp³-hybridized carbons (Fsp3) is 0.500. The smallest absolute Gasteiger partial charge is 0.307 e. The van der Waals surface area contributed by atoms with Crippen molar-refractivity contribution < 1.29 is 14.7 Å². The molecule has 1 aromatic carbocycles. The third kappa shape index (κ3) is 1.67. The third-order valence-corrected chi connectivity index (χ3v) is 5.11. The zero-order valence-corrected chi connectivity index (χ0v) is 11.2. The summed E-state index contributed by atoms with van der Waals surface area (Å²) < 4.78 is 0. The fourth-order valence-corrected chi connectivity index (χ4v) is 3.95. The van der Waals surface area contributed by atoms with Gasteiger partial charge in [-0.2, -0.15) is 0 Å². The lowest BCUT2D eigenvalue weighted by atomic mass is 10.1. The van der Waals surface area contributed by atoms with Gasteiger partial charge in [0.1, 0.15) is 0 Å². The van der Waals surface area contributed by atoms with Crippen LogP contribution in [-0.4, -0.2) is 35.0 Å². The lowest BCUT2D eigenvalue weighted by Gasteiger charge is -2.19. The highest BCUT2D eigenvalue weighted by molar-refractivity contribution is 5.95. The molecule has 2 aliphatic carbocycles.